The van der Waals surface area contributed by atoms with Gasteiger partial charge in [0.05, 0.1) is 10.9 Å². The van der Waals surface area contributed by atoms with Crippen molar-refractivity contribution < 1.29 is 18.0 Å². The van der Waals surface area contributed by atoms with E-state index in [1.165, 1.54) is 24.1 Å². The number of aromatic nitrogens is 3. The van der Waals surface area contributed by atoms with E-state index in [9.17, 15) is 22.8 Å². The van der Waals surface area contributed by atoms with E-state index in [1.807, 2.05) is 0 Å². The van der Waals surface area contributed by atoms with Crippen LogP contribution in [-0.2, 0) is 24.1 Å². The van der Waals surface area contributed by atoms with Gasteiger partial charge in [-0.15, -0.1) is 5.10 Å². The summed E-state index contributed by atoms with van der Waals surface area (Å²) < 4.78 is 38.7. The van der Waals surface area contributed by atoms with Crippen molar-refractivity contribution in [2.75, 3.05) is 7.05 Å². The number of hydrogen-bond donors (Lipinski definition) is 0. The van der Waals surface area contributed by atoms with Crippen molar-refractivity contribution in [1.29, 1.82) is 0 Å². The van der Waals surface area contributed by atoms with Crippen LogP contribution in [0.15, 0.2) is 53.3 Å². The minimum Gasteiger partial charge on any atom is -0.340 e. The number of carbonyl (C=O) groups is 1. The molecule has 27 heavy (non-hydrogen) atoms. The topological polar surface area (TPSA) is 68.1 Å². The number of rotatable bonds is 4. The highest BCUT2D eigenvalue weighted by molar-refractivity contribution is 5.78. The van der Waals surface area contributed by atoms with Crippen molar-refractivity contribution in [1.82, 2.24) is 19.9 Å². The zero-order chi connectivity index (χ0) is 19.6. The van der Waals surface area contributed by atoms with Crippen molar-refractivity contribution in [2.24, 2.45) is 0 Å². The summed E-state index contributed by atoms with van der Waals surface area (Å²) >= 11 is 0. The summed E-state index contributed by atoms with van der Waals surface area (Å²) in [5.41, 5.74) is -0.213. The van der Waals surface area contributed by atoms with Crippen molar-refractivity contribution >= 4 is 16.8 Å². The molecule has 0 spiro atoms. The maximum Gasteiger partial charge on any atom is 0.416 e. The Morgan fingerprint density at radius 1 is 1.11 bits per heavy atom. The Morgan fingerprint density at radius 2 is 1.78 bits per heavy atom. The molecule has 2 aromatic carbocycles. The summed E-state index contributed by atoms with van der Waals surface area (Å²) in [5.74, 6) is -0.415. The van der Waals surface area contributed by atoms with Gasteiger partial charge in [0.1, 0.15) is 12.1 Å². The lowest BCUT2D eigenvalue weighted by Crippen LogP contribution is -2.35. The molecule has 3 rings (SSSR count). The number of likely N-dealkylation sites (N-methyl/N-ethyl adjacent to an activating group) is 1. The summed E-state index contributed by atoms with van der Waals surface area (Å²) in [4.78, 5) is 26.0. The number of fused-ring (bicyclic) bond motifs is 1. The predicted octanol–water partition coefficient (Wildman–Crippen LogP) is 2.47. The van der Waals surface area contributed by atoms with E-state index in [2.05, 4.69) is 10.3 Å². The molecule has 0 saturated heterocycles. The Bertz CT molecular complexity index is 1030. The standard InChI is InChI=1S/C18H15F3N4O2/c1-24(10-12-6-8-13(9-7-12)18(19,20)21)16(26)11-25-17(27)14-4-2-3-5-15(14)22-23-25/h2-9H,10-11H2,1H3. The Hall–Kier alpha value is -3.23. The van der Waals surface area contributed by atoms with Gasteiger partial charge in [-0.25, -0.2) is 4.68 Å². The maximum absolute atomic E-state index is 12.6. The summed E-state index contributed by atoms with van der Waals surface area (Å²) in [6.45, 7) is -0.208. The second kappa shape index (κ2) is 7.18. The molecule has 0 radical (unpaired) electrons. The molecule has 0 saturated carbocycles. The second-order valence-electron chi connectivity index (χ2n) is 6.01. The average Bonchev–Trinajstić information content (AvgIpc) is 2.64. The molecular weight excluding hydrogens is 361 g/mol. The maximum atomic E-state index is 12.6. The van der Waals surface area contributed by atoms with Gasteiger partial charge < -0.3 is 4.90 Å². The molecule has 0 aliphatic heterocycles. The fourth-order valence-corrected chi connectivity index (χ4v) is 2.54. The molecule has 1 aromatic heterocycles. The van der Waals surface area contributed by atoms with Crippen molar-refractivity contribution in [3.05, 3.63) is 70.0 Å². The Balaban J connectivity index is 1.71. The normalized spacial score (nSPS) is 11.6. The Morgan fingerprint density at radius 3 is 2.44 bits per heavy atom. The quantitative estimate of drug-likeness (QED) is 0.702. The highest BCUT2D eigenvalue weighted by atomic mass is 19.4. The van der Waals surface area contributed by atoms with Crippen LogP contribution in [0.4, 0.5) is 13.2 Å². The largest absolute Gasteiger partial charge is 0.416 e. The lowest BCUT2D eigenvalue weighted by Gasteiger charge is -2.18. The van der Waals surface area contributed by atoms with Crippen LogP contribution in [0.5, 0.6) is 0 Å². The van der Waals surface area contributed by atoms with Crippen LogP contribution in [0.3, 0.4) is 0 Å². The van der Waals surface area contributed by atoms with Gasteiger partial charge in [-0.1, -0.05) is 29.5 Å². The Kier molecular flexibility index (Phi) is 4.93. The molecule has 6 nitrogen and oxygen atoms in total. The zero-order valence-electron chi connectivity index (χ0n) is 14.3. The van der Waals surface area contributed by atoms with Crippen LogP contribution in [0.25, 0.3) is 10.9 Å². The molecule has 0 aliphatic rings. The predicted molar refractivity (Wildman–Crippen MR) is 91.7 cm³/mol. The third kappa shape index (κ3) is 4.13. The number of alkyl halides is 3. The molecule has 1 heterocycles. The number of nitrogens with zero attached hydrogens (tertiary/aromatic N) is 4. The Labute approximate surface area is 151 Å². The van der Waals surface area contributed by atoms with E-state index in [1.54, 1.807) is 24.3 Å². The van der Waals surface area contributed by atoms with Gasteiger partial charge in [-0.3, -0.25) is 9.59 Å². The van der Waals surface area contributed by atoms with Gasteiger partial charge >= 0.3 is 6.18 Å². The molecular formula is C18H15F3N4O2. The zero-order valence-corrected chi connectivity index (χ0v) is 14.3. The van der Waals surface area contributed by atoms with Gasteiger partial charge in [0, 0.05) is 13.6 Å². The molecule has 0 aliphatic carbocycles. The number of amides is 1. The van der Waals surface area contributed by atoms with Crippen molar-refractivity contribution in [3.8, 4) is 0 Å². The van der Waals surface area contributed by atoms with Gasteiger partial charge in [-0.2, -0.15) is 13.2 Å². The fraction of sp³-hybridized carbons (Fsp3) is 0.222. The van der Waals surface area contributed by atoms with Crippen molar-refractivity contribution in [2.45, 2.75) is 19.3 Å². The number of carbonyl (C=O) groups excluding carboxylic acids is 1. The molecule has 0 fully saturated rings. The third-order valence-corrected chi connectivity index (χ3v) is 4.04. The minimum atomic E-state index is -4.41. The summed E-state index contributed by atoms with van der Waals surface area (Å²) in [6.07, 6.45) is -4.41. The number of hydrogen-bond acceptors (Lipinski definition) is 4. The van der Waals surface area contributed by atoms with E-state index in [4.69, 9.17) is 0 Å². The van der Waals surface area contributed by atoms with Crippen LogP contribution in [0, 0.1) is 0 Å². The fourth-order valence-electron chi connectivity index (χ4n) is 2.54. The first-order valence-corrected chi connectivity index (χ1v) is 7.98. The third-order valence-electron chi connectivity index (χ3n) is 4.04. The molecule has 0 atom stereocenters. The number of benzene rings is 2. The second-order valence-corrected chi connectivity index (χ2v) is 6.01. The van der Waals surface area contributed by atoms with Gasteiger partial charge in [0.2, 0.25) is 5.91 Å². The lowest BCUT2D eigenvalue weighted by atomic mass is 10.1. The molecule has 1 amide bonds. The van der Waals surface area contributed by atoms with Gasteiger partial charge in [0.25, 0.3) is 5.56 Å². The van der Waals surface area contributed by atoms with Crippen LogP contribution in [0.1, 0.15) is 11.1 Å². The monoisotopic (exact) mass is 376 g/mol. The van der Waals surface area contributed by atoms with E-state index in [0.717, 1.165) is 16.8 Å². The minimum absolute atomic E-state index is 0.104. The van der Waals surface area contributed by atoms with Gasteiger partial charge in [0.15, 0.2) is 0 Å². The smallest absolute Gasteiger partial charge is 0.340 e. The molecule has 0 N–H and O–H groups in total. The SMILES string of the molecule is CN(Cc1ccc(C(F)(F)F)cc1)C(=O)Cn1nnc2ccccc2c1=O. The van der Waals surface area contributed by atoms with Crippen LogP contribution in [-0.4, -0.2) is 32.8 Å². The average molecular weight is 376 g/mol. The summed E-state index contributed by atoms with van der Waals surface area (Å²) in [5, 5.41) is 8.02. The molecule has 9 heteroatoms. The highest BCUT2D eigenvalue weighted by Crippen LogP contribution is 2.29. The highest BCUT2D eigenvalue weighted by Gasteiger charge is 2.30. The van der Waals surface area contributed by atoms with Crippen LogP contribution < -0.4 is 5.56 Å². The molecule has 0 unspecified atom stereocenters. The first-order valence-electron chi connectivity index (χ1n) is 7.98. The van der Waals surface area contributed by atoms with Gasteiger partial charge in [-0.05, 0) is 29.8 Å². The molecule has 0 bridgehead atoms. The first kappa shape index (κ1) is 18.6. The molecule has 140 valence electrons. The van der Waals surface area contributed by atoms with E-state index in [0.29, 0.717) is 16.5 Å². The summed E-state index contributed by atoms with van der Waals surface area (Å²) in [6, 6.07) is 11.2. The van der Waals surface area contributed by atoms with E-state index >= 15 is 0 Å². The van der Waals surface area contributed by atoms with Crippen molar-refractivity contribution in [3.63, 3.8) is 0 Å². The van der Waals surface area contributed by atoms with E-state index < -0.39 is 23.2 Å². The lowest BCUT2D eigenvalue weighted by molar-refractivity contribution is -0.137. The number of halogens is 3. The summed E-state index contributed by atoms with van der Waals surface area (Å²) in [7, 11) is 1.50. The van der Waals surface area contributed by atoms with E-state index in [-0.39, 0.29) is 13.1 Å². The van der Waals surface area contributed by atoms with Crippen LogP contribution >= 0.6 is 0 Å². The van der Waals surface area contributed by atoms with Crippen LogP contribution in [0.2, 0.25) is 0 Å². The first-order chi connectivity index (χ1) is 12.8. The molecule has 3 aromatic rings.